The minimum atomic E-state index is 0. The Labute approximate surface area is 27.7 Å². The highest BCUT2D eigenvalue weighted by Gasteiger charge is 1.57. The van der Waals surface area contributed by atoms with Crippen molar-refractivity contribution >= 4 is 0 Å². The first-order valence-corrected chi connectivity index (χ1v) is 1.52. The second-order valence-electron chi connectivity index (χ2n) is 0.724. The number of hydrogen-bond donors (Lipinski definition) is 1. The van der Waals surface area contributed by atoms with Gasteiger partial charge >= 0.3 is 0 Å². The smallest absolute Gasteiger partial charge is 0.0428 e. The third kappa shape index (κ3) is 1.96. The normalized spacial score (nSPS) is 7.50. The van der Waals surface area contributed by atoms with Crippen molar-refractivity contribution in [1.29, 1.82) is 0 Å². The van der Waals surface area contributed by atoms with Gasteiger partial charge in [-0.25, -0.2) is 0 Å². The number of aliphatic hydroxyl groups is 1. The lowest BCUT2D eigenvalue weighted by Crippen LogP contribution is -1.69. The molecular formula is C3H10O. The highest BCUT2D eigenvalue weighted by Crippen LogP contribution is 1.61. The average molecular weight is 64.1 g/mol. The summed E-state index contributed by atoms with van der Waals surface area (Å²) in [6.07, 6.45) is 0.875. The summed E-state index contributed by atoms with van der Waals surface area (Å²) in [6, 6.07) is 0. The van der Waals surface area contributed by atoms with Crippen molar-refractivity contribution in [2.75, 3.05) is 6.61 Å². The molecule has 0 rings (SSSR count). The van der Waals surface area contributed by atoms with E-state index in [1.165, 1.54) is 0 Å². The van der Waals surface area contributed by atoms with Gasteiger partial charge in [-0.15, -0.1) is 0 Å². The Morgan fingerprint density at radius 3 is 2.25 bits per heavy atom. The van der Waals surface area contributed by atoms with Crippen LogP contribution in [0.3, 0.4) is 0 Å². The van der Waals surface area contributed by atoms with Gasteiger partial charge in [0.2, 0.25) is 0 Å². The maximum absolute atomic E-state index is 7.88. The van der Waals surface area contributed by atoms with Gasteiger partial charge in [-0.2, -0.15) is 0 Å². The molecule has 0 aromatic heterocycles. The van der Waals surface area contributed by atoms with Gasteiger partial charge < -0.3 is 5.11 Å². The van der Waals surface area contributed by atoms with E-state index in [2.05, 4.69) is 0 Å². The van der Waals surface area contributed by atoms with E-state index in [-0.39, 0.29) is 1.43 Å². The minimum Gasteiger partial charge on any atom is -0.396 e. The molecule has 0 radical (unpaired) electrons. The average Bonchev–Trinajstić information content (AvgIpc) is 1.37. The van der Waals surface area contributed by atoms with Crippen LogP contribution < -0.4 is 0 Å². The van der Waals surface area contributed by atoms with Crippen molar-refractivity contribution in [3.8, 4) is 0 Å². The zero-order valence-electron chi connectivity index (χ0n) is 2.86. The van der Waals surface area contributed by atoms with E-state index in [9.17, 15) is 0 Å². The summed E-state index contributed by atoms with van der Waals surface area (Å²) < 4.78 is 0. The molecule has 0 unspecified atom stereocenters. The summed E-state index contributed by atoms with van der Waals surface area (Å²) in [4.78, 5) is 0. The van der Waals surface area contributed by atoms with Crippen molar-refractivity contribution in [2.45, 2.75) is 13.3 Å². The van der Waals surface area contributed by atoms with Gasteiger partial charge in [0.25, 0.3) is 0 Å². The molecule has 0 fully saturated rings. The SMILES string of the molecule is CCCO.[3HH]. The van der Waals surface area contributed by atoms with Gasteiger partial charge in [-0.3, -0.25) is 0 Å². The zero-order valence-corrected chi connectivity index (χ0v) is 2.86. The summed E-state index contributed by atoms with van der Waals surface area (Å²) in [7, 11) is 0. The Balaban J connectivity index is 0. The lowest BCUT2D eigenvalue weighted by atomic mass is 10.5. The largest absolute Gasteiger partial charge is 0.396 e. The van der Waals surface area contributed by atoms with E-state index in [0.29, 0.717) is 6.61 Å². The fourth-order valence-electron chi connectivity index (χ4n) is 0. The standard InChI is InChI=1S/C3H8O.H2/c1-2-3-4;/h4H,2-3H2,1H3;1H/i;1+2. The summed E-state index contributed by atoms with van der Waals surface area (Å²) >= 11 is 0. The first-order valence-electron chi connectivity index (χ1n) is 1.52. The quantitative estimate of drug-likeness (QED) is 0.474. The highest BCUT2D eigenvalue weighted by molar-refractivity contribution is 4.10. The molecule has 0 aliphatic rings. The van der Waals surface area contributed by atoms with E-state index < -0.39 is 0 Å². The van der Waals surface area contributed by atoms with Crippen LogP contribution in [0.1, 0.15) is 14.8 Å². The van der Waals surface area contributed by atoms with Crippen LogP contribution in [0.25, 0.3) is 0 Å². The van der Waals surface area contributed by atoms with Crippen molar-refractivity contribution in [2.24, 2.45) is 0 Å². The molecule has 4 heavy (non-hydrogen) atoms. The third-order valence-corrected chi connectivity index (χ3v) is 0.224. The molecule has 0 amide bonds. The van der Waals surface area contributed by atoms with Crippen LogP contribution >= 0.6 is 0 Å². The van der Waals surface area contributed by atoms with E-state index >= 15 is 0 Å². The molecule has 1 heteroatoms. The van der Waals surface area contributed by atoms with E-state index in [1.807, 2.05) is 6.92 Å². The summed E-state index contributed by atoms with van der Waals surface area (Å²) in [6.45, 7) is 2.25. The van der Waals surface area contributed by atoms with Gasteiger partial charge in [0.15, 0.2) is 0 Å². The number of rotatable bonds is 1. The second kappa shape index (κ2) is 2.96. The Kier molecular flexibility index (Phi) is 2.93. The Morgan fingerprint density at radius 1 is 2.00 bits per heavy atom. The van der Waals surface area contributed by atoms with Gasteiger partial charge in [-0.1, -0.05) is 6.92 Å². The molecule has 0 spiro atoms. The van der Waals surface area contributed by atoms with Crippen LogP contribution in [-0.4, -0.2) is 11.7 Å². The van der Waals surface area contributed by atoms with Gasteiger partial charge in [0.1, 0.15) is 0 Å². The van der Waals surface area contributed by atoms with E-state index in [0.717, 1.165) is 6.42 Å². The first-order chi connectivity index (χ1) is 1.91. The molecule has 0 atom stereocenters. The molecule has 0 saturated carbocycles. The van der Waals surface area contributed by atoms with Gasteiger partial charge in [0.05, 0.1) is 0 Å². The van der Waals surface area contributed by atoms with Crippen LogP contribution in [0.2, 0.25) is 0 Å². The van der Waals surface area contributed by atoms with Gasteiger partial charge in [-0.05, 0) is 6.42 Å². The molecule has 0 aliphatic heterocycles. The minimum absolute atomic E-state index is 0. The highest BCUT2D eigenvalue weighted by atomic mass is 16.2. The summed E-state index contributed by atoms with van der Waals surface area (Å²) in [5, 5.41) is 7.88. The lowest BCUT2D eigenvalue weighted by molar-refractivity contribution is 0.295. The van der Waals surface area contributed by atoms with Crippen LogP contribution in [-0.2, 0) is 0 Å². The fraction of sp³-hybridized carbons (Fsp3) is 1.00. The molecule has 0 bridgehead atoms. The first kappa shape index (κ1) is 3.96. The molecule has 0 heterocycles. The van der Waals surface area contributed by atoms with Crippen molar-refractivity contribution in [3.05, 3.63) is 0 Å². The Bertz CT molecular complexity index is 8.85. The monoisotopic (exact) mass is 64.1 g/mol. The predicted molar refractivity (Wildman–Crippen MR) is 19.5 cm³/mol. The van der Waals surface area contributed by atoms with Gasteiger partial charge in [0, 0.05) is 8.03 Å². The molecule has 28 valence electrons. The molecule has 1 N–H and O–H groups in total. The maximum atomic E-state index is 7.88. The van der Waals surface area contributed by atoms with Crippen LogP contribution in [0.4, 0.5) is 0 Å². The fourth-order valence-corrected chi connectivity index (χ4v) is 0. The molecular weight excluding hydrogens is 52.0 g/mol. The second-order valence-corrected chi connectivity index (χ2v) is 0.724. The van der Waals surface area contributed by atoms with Crippen LogP contribution in [0.5, 0.6) is 0 Å². The molecule has 0 aromatic rings. The molecule has 0 saturated heterocycles. The van der Waals surface area contributed by atoms with Crippen molar-refractivity contribution in [3.63, 3.8) is 0 Å². The van der Waals surface area contributed by atoms with Crippen molar-refractivity contribution in [1.82, 2.24) is 0 Å². The molecule has 0 aromatic carbocycles. The van der Waals surface area contributed by atoms with Crippen molar-refractivity contribution < 1.29 is 6.53 Å². The predicted octanol–water partition coefficient (Wildman–Crippen LogP) is 0.635. The Morgan fingerprint density at radius 2 is 2.25 bits per heavy atom. The maximum Gasteiger partial charge on any atom is 0.0428 e. The van der Waals surface area contributed by atoms with E-state index in [4.69, 9.17) is 5.11 Å². The number of hydrogen-bond acceptors (Lipinski definition) is 1. The molecule has 0 aliphatic carbocycles. The topological polar surface area (TPSA) is 20.2 Å². The Hall–Kier alpha value is -0.0400. The summed E-state index contributed by atoms with van der Waals surface area (Å²) in [5.74, 6) is 0. The summed E-state index contributed by atoms with van der Waals surface area (Å²) in [5.41, 5.74) is 0. The van der Waals surface area contributed by atoms with Crippen LogP contribution in [0.15, 0.2) is 0 Å². The van der Waals surface area contributed by atoms with E-state index in [1.54, 1.807) is 0 Å². The number of aliphatic hydroxyl groups excluding tert-OH is 1. The third-order valence-electron chi connectivity index (χ3n) is 0.224. The molecule has 1 nitrogen and oxygen atoms in total. The lowest BCUT2D eigenvalue weighted by Gasteiger charge is -1.69. The zero-order chi connectivity index (χ0) is 3.41. The van der Waals surface area contributed by atoms with Crippen LogP contribution in [0, 0.1) is 0 Å².